The van der Waals surface area contributed by atoms with Crippen LogP contribution in [0, 0.1) is 13.8 Å². The highest BCUT2D eigenvalue weighted by Crippen LogP contribution is 2.20. The van der Waals surface area contributed by atoms with E-state index in [0.29, 0.717) is 6.61 Å². The van der Waals surface area contributed by atoms with Crippen LogP contribution in [0.3, 0.4) is 0 Å². The maximum atomic E-state index is 12.3. The van der Waals surface area contributed by atoms with Crippen molar-refractivity contribution in [3.8, 4) is 17.2 Å². The zero-order valence-electron chi connectivity index (χ0n) is 16.0. The molecule has 0 aromatic heterocycles. The van der Waals surface area contributed by atoms with Crippen LogP contribution in [-0.2, 0) is 4.79 Å². The molecule has 2 rings (SSSR count). The number of amides is 1. The summed E-state index contributed by atoms with van der Waals surface area (Å²) in [7, 11) is 1.62. The van der Waals surface area contributed by atoms with Gasteiger partial charge in [0.1, 0.15) is 23.9 Å². The molecule has 0 saturated carbocycles. The van der Waals surface area contributed by atoms with Gasteiger partial charge in [0.25, 0.3) is 5.91 Å². The summed E-state index contributed by atoms with van der Waals surface area (Å²) in [6.45, 7) is 8.00. The van der Waals surface area contributed by atoms with Gasteiger partial charge in [-0.3, -0.25) is 4.79 Å². The van der Waals surface area contributed by atoms with E-state index in [-0.39, 0.29) is 11.9 Å². The summed E-state index contributed by atoms with van der Waals surface area (Å²) in [5.74, 6) is 2.05. The first-order valence-corrected chi connectivity index (χ1v) is 8.70. The van der Waals surface area contributed by atoms with Gasteiger partial charge in [-0.2, -0.15) is 0 Å². The smallest absolute Gasteiger partial charge is 0.261 e. The highest BCUT2D eigenvalue weighted by Gasteiger charge is 2.18. The van der Waals surface area contributed by atoms with Gasteiger partial charge >= 0.3 is 0 Å². The molecule has 0 fully saturated rings. The Hall–Kier alpha value is -2.69. The molecular weight excluding hydrogens is 330 g/mol. The number of hydrogen-bond acceptors (Lipinski definition) is 4. The number of aryl methyl sites for hydroxylation is 2. The van der Waals surface area contributed by atoms with Crippen LogP contribution >= 0.6 is 0 Å². The van der Waals surface area contributed by atoms with Crippen molar-refractivity contribution in [1.82, 2.24) is 5.32 Å². The van der Waals surface area contributed by atoms with Crippen LogP contribution in [-0.4, -0.2) is 31.8 Å². The van der Waals surface area contributed by atoms with Gasteiger partial charge in [-0.1, -0.05) is 17.7 Å². The van der Waals surface area contributed by atoms with E-state index in [1.165, 1.54) is 0 Å². The zero-order chi connectivity index (χ0) is 19.1. The van der Waals surface area contributed by atoms with E-state index >= 15 is 0 Å². The van der Waals surface area contributed by atoms with E-state index in [9.17, 15) is 4.79 Å². The number of nitrogens with one attached hydrogen (secondary N) is 1. The van der Waals surface area contributed by atoms with Gasteiger partial charge in [0.15, 0.2) is 6.10 Å². The van der Waals surface area contributed by atoms with E-state index in [1.54, 1.807) is 14.0 Å². The van der Waals surface area contributed by atoms with Crippen LogP contribution in [0.5, 0.6) is 17.2 Å². The Kier molecular flexibility index (Phi) is 6.89. The van der Waals surface area contributed by atoms with Gasteiger partial charge < -0.3 is 19.5 Å². The Morgan fingerprint density at radius 3 is 2.31 bits per heavy atom. The maximum Gasteiger partial charge on any atom is 0.261 e. The van der Waals surface area contributed by atoms with Crippen LogP contribution < -0.4 is 19.5 Å². The molecule has 2 atom stereocenters. The normalized spacial score (nSPS) is 12.8. The van der Waals surface area contributed by atoms with Crippen molar-refractivity contribution in [1.29, 1.82) is 0 Å². The molecule has 0 saturated heterocycles. The molecule has 0 unspecified atom stereocenters. The zero-order valence-corrected chi connectivity index (χ0v) is 16.0. The van der Waals surface area contributed by atoms with Crippen molar-refractivity contribution >= 4 is 5.91 Å². The van der Waals surface area contributed by atoms with Crippen molar-refractivity contribution in [2.75, 3.05) is 13.7 Å². The van der Waals surface area contributed by atoms with Crippen molar-refractivity contribution < 1.29 is 19.0 Å². The van der Waals surface area contributed by atoms with Crippen molar-refractivity contribution in [2.45, 2.75) is 39.8 Å². The molecule has 0 aliphatic heterocycles. The molecule has 2 aromatic rings. The first kappa shape index (κ1) is 19.6. The molecule has 0 heterocycles. The predicted octanol–water partition coefficient (Wildman–Crippen LogP) is 3.66. The second-order valence-corrected chi connectivity index (χ2v) is 6.43. The van der Waals surface area contributed by atoms with E-state index in [4.69, 9.17) is 14.2 Å². The summed E-state index contributed by atoms with van der Waals surface area (Å²) in [5.41, 5.74) is 2.18. The number of benzene rings is 2. The third-order valence-corrected chi connectivity index (χ3v) is 3.95. The van der Waals surface area contributed by atoms with Gasteiger partial charge in [-0.25, -0.2) is 0 Å². The van der Waals surface area contributed by atoms with Gasteiger partial charge in [0.05, 0.1) is 13.2 Å². The molecule has 2 aromatic carbocycles. The monoisotopic (exact) mass is 357 g/mol. The molecule has 26 heavy (non-hydrogen) atoms. The van der Waals surface area contributed by atoms with Crippen molar-refractivity contribution in [3.63, 3.8) is 0 Å². The fourth-order valence-corrected chi connectivity index (χ4v) is 2.47. The minimum Gasteiger partial charge on any atom is -0.497 e. The van der Waals surface area contributed by atoms with E-state index in [1.807, 2.05) is 63.2 Å². The lowest BCUT2D eigenvalue weighted by Gasteiger charge is -2.20. The number of carbonyl (C=O) groups is 1. The molecule has 1 N–H and O–H groups in total. The van der Waals surface area contributed by atoms with Crippen molar-refractivity contribution in [3.05, 3.63) is 53.6 Å². The fourth-order valence-electron chi connectivity index (χ4n) is 2.47. The first-order valence-electron chi connectivity index (χ1n) is 8.70. The fraction of sp³-hybridized carbons (Fsp3) is 0.381. The number of carbonyl (C=O) groups excluding carboxylic acids is 1. The topological polar surface area (TPSA) is 56.8 Å². The predicted molar refractivity (Wildman–Crippen MR) is 102 cm³/mol. The van der Waals surface area contributed by atoms with Gasteiger partial charge in [-0.05, 0) is 63.6 Å². The van der Waals surface area contributed by atoms with Crippen LogP contribution in [0.4, 0.5) is 0 Å². The number of methoxy groups -OCH3 is 1. The minimum absolute atomic E-state index is 0.144. The van der Waals surface area contributed by atoms with Crippen LogP contribution in [0.25, 0.3) is 0 Å². The third-order valence-electron chi connectivity index (χ3n) is 3.95. The van der Waals surface area contributed by atoms with Crippen molar-refractivity contribution in [2.24, 2.45) is 0 Å². The molecule has 5 heteroatoms. The Morgan fingerprint density at radius 1 is 1.04 bits per heavy atom. The summed E-state index contributed by atoms with van der Waals surface area (Å²) in [5, 5.41) is 2.91. The quantitative estimate of drug-likeness (QED) is 0.783. The summed E-state index contributed by atoms with van der Waals surface area (Å²) in [4.78, 5) is 12.3. The lowest BCUT2D eigenvalue weighted by Crippen LogP contribution is -2.43. The SMILES string of the molecule is COc1ccc(OC[C@H](C)NC(=O)[C@H](C)Oc2ccc(C)cc2C)cc1. The van der Waals surface area contributed by atoms with E-state index < -0.39 is 6.10 Å². The van der Waals surface area contributed by atoms with Gasteiger partial charge in [-0.15, -0.1) is 0 Å². The van der Waals surface area contributed by atoms with Crippen LogP contribution in [0.2, 0.25) is 0 Å². The Morgan fingerprint density at radius 2 is 1.69 bits per heavy atom. The lowest BCUT2D eigenvalue weighted by molar-refractivity contribution is -0.128. The molecule has 0 aliphatic carbocycles. The second kappa shape index (κ2) is 9.13. The summed E-state index contributed by atoms with van der Waals surface area (Å²) >= 11 is 0. The van der Waals surface area contributed by atoms with E-state index in [0.717, 1.165) is 28.4 Å². The second-order valence-electron chi connectivity index (χ2n) is 6.43. The Bertz CT molecular complexity index is 727. The molecule has 5 nitrogen and oxygen atoms in total. The first-order chi connectivity index (χ1) is 12.4. The van der Waals surface area contributed by atoms with Crippen LogP contribution in [0.15, 0.2) is 42.5 Å². The number of hydrogen-bond donors (Lipinski definition) is 1. The molecule has 140 valence electrons. The Balaban J connectivity index is 1.81. The average Bonchev–Trinajstić information content (AvgIpc) is 2.62. The highest BCUT2D eigenvalue weighted by molar-refractivity contribution is 5.81. The molecular formula is C21H27NO4. The maximum absolute atomic E-state index is 12.3. The summed E-state index contributed by atoms with van der Waals surface area (Å²) in [6.07, 6.45) is -0.583. The lowest BCUT2D eigenvalue weighted by atomic mass is 10.1. The third kappa shape index (κ3) is 5.69. The largest absolute Gasteiger partial charge is 0.497 e. The van der Waals surface area contributed by atoms with E-state index in [2.05, 4.69) is 5.32 Å². The van der Waals surface area contributed by atoms with Gasteiger partial charge in [0, 0.05) is 0 Å². The summed E-state index contributed by atoms with van der Waals surface area (Å²) < 4.78 is 16.6. The standard InChI is InChI=1S/C21H27NO4/c1-14-6-11-20(15(2)12-14)26-17(4)21(23)22-16(3)13-25-19-9-7-18(24-5)8-10-19/h6-12,16-17H,13H2,1-5H3,(H,22,23)/t16-,17-/m0/s1. The van der Waals surface area contributed by atoms with Gasteiger partial charge in [0.2, 0.25) is 0 Å². The molecule has 0 aliphatic rings. The number of ether oxygens (including phenoxy) is 3. The molecule has 0 bridgehead atoms. The average molecular weight is 357 g/mol. The minimum atomic E-state index is -0.583. The molecule has 0 spiro atoms. The molecule has 0 radical (unpaired) electrons. The summed E-state index contributed by atoms with van der Waals surface area (Å²) in [6, 6.07) is 13.1. The highest BCUT2D eigenvalue weighted by atomic mass is 16.5. The van der Waals surface area contributed by atoms with Crippen LogP contribution in [0.1, 0.15) is 25.0 Å². The number of rotatable bonds is 8. The molecule has 1 amide bonds. The Labute approximate surface area is 155 Å².